The Kier molecular flexibility index (Phi) is 7.64. The molecule has 20 heavy (non-hydrogen) atoms. The summed E-state index contributed by atoms with van der Waals surface area (Å²) >= 11 is 0. The van der Waals surface area contributed by atoms with Gasteiger partial charge in [-0.3, -0.25) is 9.59 Å². The van der Waals surface area contributed by atoms with Crippen LogP contribution in [0.1, 0.15) is 40.0 Å². The number of nitrogens with two attached hydrogens (primary N) is 1. The van der Waals surface area contributed by atoms with E-state index in [1.165, 1.54) is 11.9 Å². The van der Waals surface area contributed by atoms with Crippen LogP contribution in [0, 0.1) is 5.41 Å². The minimum absolute atomic E-state index is 0.0242. The van der Waals surface area contributed by atoms with Crippen molar-refractivity contribution in [1.82, 2.24) is 10.2 Å². The quantitative estimate of drug-likeness (QED) is 0.262. The molecule has 0 aromatic carbocycles. The van der Waals surface area contributed by atoms with Crippen LogP contribution in [0.25, 0.3) is 0 Å². The minimum Gasteiger partial charge on any atom is -0.409 e. The van der Waals surface area contributed by atoms with E-state index in [2.05, 4.69) is 10.5 Å². The standard InChI is InChI=1S/C13H26N4O3/c1-5-8-17(9-10(18)15-4)12(19)13(6-2,7-3)11(14)16-20/h20H,5-9H2,1-4H3,(H2,14,16)(H,15,18). The molecular formula is C13H26N4O3. The van der Waals surface area contributed by atoms with Crippen molar-refractivity contribution < 1.29 is 14.8 Å². The summed E-state index contributed by atoms with van der Waals surface area (Å²) in [5.41, 5.74) is 4.67. The van der Waals surface area contributed by atoms with Crippen molar-refractivity contribution in [1.29, 1.82) is 0 Å². The summed E-state index contributed by atoms with van der Waals surface area (Å²) in [6.07, 6.45) is 1.54. The van der Waals surface area contributed by atoms with E-state index in [9.17, 15) is 9.59 Å². The lowest BCUT2D eigenvalue weighted by atomic mass is 9.79. The Hall–Kier alpha value is -1.79. The maximum atomic E-state index is 12.7. The number of amidine groups is 1. The number of nitrogens with zero attached hydrogens (tertiary/aromatic N) is 2. The molecule has 7 heteroatoms. The number of hydrogen-bond donors (Lipinski definition) is 3. The van der Waals surface area contributed by atoms with E-state index in [0.29, 0.717) is 19.4 Å². The van der Waals surface area contributed by atoms with Crippen LogP contribution in [-0.2, 0) is 9.59 Å². The van der Waals surface area contributed by atoms with Crippen molar-refractivity contribution in [2.24, 2.45) is 16.3 Å². The summed E-state index contributed by atoms with van der Waals surface area (Å²) in [7, 11) is 1.52. The van der Waals surface area contributed by atoms with Gasteiger partial charge in [-0.15, -0.1) is 0 Å². The molecule has 0 bridgehead atoms. The highest BCUT2D eigenvalue weighted by Gasteiger charge is 2.42. The van der Waals surface area contributed by atoms with Gasteiger partial charge in [0.2, 0.25) is 11.8 Å². The van der Waals surface area contributed by atoms with Gasteiger partial charge in [-0.05, 0) is 19.3 Å². The Morgan fingerprint density at radius 2 is 1.85 bits per heavy atom. The highest BCUT2D eigenvalue weighted by atomic mass is 16.4. The SMILES string of the molecule is CCCN(CC(=O)NC)C(=O)C(CC)(CC)C(N)=NO. The smallest absolute Gasteiger partial charge is 0.239 e. The summed E-state index contributed by atoms with van der Waals surface area (Å²) in [6.45, 7) is 5.97. The molecule has 0 unspecified atom stereocenters. The summed E-state index contributed by atoms with van der Waals surface area (Å²) in [5.74, 6) is -0.624. The summed E-state index contributed by atoms with van der Waals surface area (Å²) in [6, 6.07) is 0. The highest BCUT2D eigenvalue weighted by molar-refractivity contribution is 6.07. The van der Waals surface area contributed by atoms with Crippen molar-refractivity contribution in [2.45, 2.75) is 40.0 Å². The molecule has 0 aromatic heterocycles. The molecule has 0 saturated carbocycles. The highest BCUT2D eigenvalue weighted by Crippen LogP contribution is 2.29. The van der Waals surface area contributed by atoms with E-state index in [-0.39, 0.29) is 24.2 Å². The third-order valence-corrected chi connectivity index (χ3v) is 3.61. The number of rotatable bonds is 8. The summed E-state index contributed by atoms with van der Waals surface area (Å²) < 4.78 is 0. The molecule has 4 N–H and O–H groups in total. The lowest BCUT2D eigenvalue weighted by Crippen LogP contribution is -2.53. The lowest BCUT2D eigenvalue weighted by Gasteiger charge is -2.34. The lowest BCUT2D eigenvalue weighted by molar-refractivity contribution is -0.142. The third kappa shape index (κ3) is 3.85. The Bertz CT molecular complexity index is 365. The average molecular weight is 286 g/mol. The first-order chi connectivity index (χ1) is 9.43. The van der Waals surface area contributed by atoms with Crippen LogP contribution in [0.15, 0.2) is 5.16 Å². The number of likely N-dealkylation sites (N-methyl/N-ethyl adjacent to an activating group) is 1. The largest absolute Gasteiger partial charge is 0.409 e. The molecule has 0 aromatic rings. The number of amides is 2. The van der Waals surface area contributed by atoms with Gasteiger partial charge in [0, 0.05) is 13.6 Å². The number of carbonyl (C=O) groups is 2. The van der Waals surface area contributed by atoms with Gasteiger partial charge < -0.3 is 21.2 Å². The van der Waals surface area contributed by atoms with Crippen LogP contribution in [0.4, 0.5) is 0 Å². The number of nitrogens with one attached hydrogen (secondary N) is 1. The fourth-order valence-corrected chi connectivity index (χ4v) is 2.20. The monoisotopic (exact) mass is 286 g/mol. The molecule has 116 valence electrons. The first-order valence-electron chi connectivity index (χ1n) is 6.91. The average Bonchev–Trinajstić information content (AvgIpc) is 2.47. The van der Waals surface area contributed by atoms with Crippen LogP contribution in [0.3, 0.4) is 0 Å². The van der Waals surface area contributed by atoms with Crippen molar-refractivity contribution in [3.05, 3.63) is 0 Å². The fourth-order valence-electron chi connectivity index (χ4n) is 2.20. The molecule has 0 saturated heterocycles. The number of hydrogen-bond acceptors (Lipinski definition) is 4. The van der Waals surface area contributed by atoms with Crippen LogP contribution in [-0.4, -0.2) is 47.9 Å². The molecule has 2 amide bonds. The zero-order chi connectivity index (χ0) is 15.8. The summed E-state index contributed by atoms with van der Waals surface area (Å²) in [4.78, 5) is 25.7. The van der Waals surface area contributed by atoms with E-state index in [1.54, 1.807) is 0 Å². The molecular weight excluding hydrogens is 260 g/mol. The molecule has 0 radical (unpaired) electrons. The van der Waals surface area contributed by atoms with Crippen molar-refractivity contribution in [3.8, 4) is 0 Å². The van der Waals surface area contributed by atoms with Gasteiger partial charge in [0.1, 0.15) is 5.41 Å². The number of oxime groups is 1. The van der Waals surface area contributed by atoms with Crippen LogP contribution in [0.2, 0.25) is 0 Å². The van der Waals surface area contributed by atoms with E-state index >= 15 is 0 Å². The second kappa shape index (κ2) is 8.39. The van der Waals surface area contributed by atoms with E-state index in [4.69, 9.17) is 10.9 Å². The molecule has 0 spiro atoms. The zero-order valence-electron chi connectivity index (χ0n) is 12.8. The van der Waals surface area contributed by atoms with Gasteiger partial charge in [0.15, 0.2) is 5.84 Å². The Morgan fingerprint density at radius 1 is 1.30 bits per heavy atom. The molecule has 0 aliphatic carbocycles. The van der Waals surface area contributed by atoms with E-state index in [0.717, 1.165) is 6.42 Å². The van der Waals surface area contributed by atoms with Gasteiger partial charge in [-0.1, -0.05) is 25.9 Å². The predicted molar refractivity (Wildman–Crippen MR) is 77.4 cm³/mol. The van der Waals surface area contributed by atoms with Crippen molar-refractivity contribution in [2.75, 3.05) is 20.1 Å². The minimum atomic E-state index is -1.06. The molecule has 0 aliphatic rings. The maximum absolute atomic E-state index is 12.7. The summed E-state index contributed by atoms with van der Waals surface area (Å²) in [5, 5.41) is 14.4. The van der Waals surface area contributed by atoms with Gasteiger partial charge in [-0.25, -0.2) is 0 Å². The normalized spacial score (nSPS) is 12.1. The van der Waals surface area contributed by atoms with E-state index < -0.39 is 5.41 Å². The second-order valence-electron chi connectivity index (χ2n) is 4.67. The van der Waals surface area contributed by atoms with Crippen LogP contribution < -0.4 is 11.1 Å². The van der Waals surface area contributed by atoms with Gasteiger partial charge in [-0.2, -0.15) is 0 Å². The Balaban J connectivity index is 5.41. The molecule has 0 aliphatic heterocycles. The molecule has 7 nitrogen and oxygen atoms in total. The Morgan fingerprint density at radius 3 is 2.20 bits per heavy atom. The second-order valence-corrected chi connectivity index (χ2v) is 4.67. The molecule has 0 heterocycles. The van der Waals surface area contributed by atoms with Crippen molar-refractivity contribution in [3.63, 3.8) is 0 Å². The first kappa shape index (κ1) is 18.2. The maximum Gasteiger partial charge on any atom is 0.239 e. The van der Waals surface area contributed by atoms with Gasteiger partial charge >= 0.3 is 0 Å². The zero-order valence-corrected chi connectivity index (χ0v) is 12.8. The van der Waals surface area contributed by atoms with Crippen LogP contribution in [0.5, 0.6) is 0 Å². The number of carbonyl (C=O) groups excluding carboxylic acids is 2. The molecule has 0 atom stereocenters. The Labute approximate surface area is 120 Å². The molecule has 0 fully saturated rings. The van der Waals surface area contributed by atoms with Crippen LogP contribution >= 0.6 is 0 Å². The van der Waals surface area contributed by atoms with Gasteiger partial charge in [0.25, 0.3) is 0 Å². The van der Waals surface area contributed by atoms with Gasteiger partial charge in [0.05, 0.1) is 6.54 Å². The first-order valence-corrected chi connectivity index (χ1v) is 6.91. The third-order valence-electron chi connectivity index (χ3n) is 3.61. The topological polar surface area (TPSA) is 108 Å². The fraction of sp³-hybridized carbons (Fsp3) is 0.769. The predicted octanol–water partition coefficient (Wildman–Crippen LogP) is 0.524. The molecule has 0 rings (SSSR count). The van der Waals surface area contributed by atoms with Crippen molar-refractivity contribution >= 4 is 17.6 Å². The van der Waals surface area contributed by atoms with E-state index in [1.807, 2.05) is 20.8 Å².